The number of halogens is 1. The fraction of sp³-hybridized carbons (Fsp3) is 0.800. The number of hydrogen-bond donors (Lipinski definition) is 1. The van der Waals surface area contributed by atoms with Crippen molar-refractivity contribution in [2.75, 3.05) is 39.3 Å². The Labute approximate surface area is 181 Å². The summed E-state index contributed by atoms with van der Waals surface area (Å²) in [7, 11) is 0. The van der Waals surface area contributed by atoms with Gasteiger partial charge in [-0.1, -0.05) is 13.8 Å². The second-order valence-corrected chi connectivity index (χ2v) is 8.17. The number of nitrogens with zero attached hydrogens (tertiary/aromatic N) is 5. The van der Waals surface area contributed by atoms with E-state index in [1.54, 1.807) is 0 Å². The van der Waals surface area contributed by atoms with Gasteiger partial charge in [-0.05, 0) is 51.1 Å². The number of aromatic nitrogens is 2. The molecule has 7 heteroatoms. The molecule has 27 heavy (non-hydrogen) atoms. The second kappa shape index (κ2) is 11.2. The average molecular weight is 488 g/mol. The highest BCUT2D eigenvalue weighted by molar-refractivity contribution is 14.0. The number of likely N-dealkylation sites (tertiary alicyclic amines) is 2. The summed E-state index contributed by atoms with van der Waals surface area (Å²) in [4.78, 5) is 14.5. The molecule has 2 saturated heterocycles. The van der Waals surface area contributed by atoms with Crippen molar-refractivity contribution in [3.8, 4) is 0 Å². The van der Waals surface area contributed by atoms with Gasteiger partial charge >= 0.3 is 0 Å². The molecular formula is C20H37IN6. The van der Waals surface area contributed by atoms with Crippen molar-refractivity contribution in [3.05, 3.63) is 18.2 Å². The third-order valence-corrected chi connectivity index (χ3v) is 5.37. The van der Waals surface area contributed by atoms with Crippen molar-refractivity contribution in [2.45, 2.75) is 53.1 Å². The SMILES string of the molecule is CCNC(=NCc1nccn1CC(C)C)N1CCC(CN2CCCC2)C1.I. The summed E-state index contributed by atoms with van der Waals surface area (Å²) >= 11 is 0. The van der Waals surface area contributed by atoms with Crippen LogP contribution < -0.4 is 5.32 Å². The summed E-state index contributed by atoms with van der Waals surface area (Å²) in [6.07, 6.45) is 8.00. The van der Waals surface area contributed by atoms with Gasteiger partial charge in [0, 0.05) is 45.1 Å². The molecule has 154 valence electrons. The molecule has 2 aliphatic rings. The zero-order valence-corrected chi connectivity index (χ0v) is 19.6. The second-order valence-electron chi connectivity index (χ2n) is 8.17. The molecule has 0 aliphatic carbocycles. The summed E-state index contributed by atoms with van der Waals surface area (Å²) in [5.41, 5.74) is 0. The van der Waals surface area contributed by atoms with E-state index in [2.05, 4.69) is 51.6 Å². The standard InChI is InChI=1S/C20H36N6.HI/c1-4-21-20(23-13-19-22-8-12-25(19)14-17(2)3)26-11-7-18(16-26)15-24-9-5-6-10-24;/h8,12,17-18H,4-7,9-11,13-16H2,1-3H3,(H,21,23);1H. The van der Waals surface area contributed by atoms with E-state index in [1.807, 2.05) is 6.20 Å². The van der Waals surface area contributed by atoms with Gasteiger partial charge in [-0.2, -0.15) is 0 Å². The van der Waals surface area contributed by atoms with Crippen LogP contribution in [-0.4, -0.2) is 64.6 Å². The van der Waals surface area contributed by atoms with Crippen molar-refractivity contribution in [3.63, 3.8) is 0 Å². The van der Waals surface area contributed by atoms with E-state index in [0.29, 0.717) is 12.5 Å². The molecule has 1 aromatic rings. The molecule has 2 aliphatic heterocycles. The van der Waals surface area contributed by atoms with Gasteiger partial charge in [-0.15, -0.1) is 24.0 Å². The van der Waals surface area contributed by atoms with Crippen LogP contribution in [0.25, 0.3) is 0 Å². The largest absolute Gasteiger partial charge is 0.357 e. The summed E-state index contributed by atoms with van der Waals surface area (Å²) in [6, 6.07) is 0. The maximum Gasteiger partial charge on any atom is 0.194 e. The van der Waals surface area contributed by atoms with E-state index in [-0.39, 0.29) is 24.0 Å². The smallest absolute Gasteiger partial charge is 0.194 e. The van der Waals surface area contributed by atoms with E-state index in [1.165, 1.54) is 38.9 Å². The van der Waals surface area contributed by atoms with E-state index >= 15 is 0 Å². The number of imidazole rings is 1. The van der Waals surface area contributed by atoms with Gasteiger partial charge in [0.15, 0.2) is 5.96 Å². The zero-order valence-electron chi connectivity index (χ0n) is 17.2. The van der Waals surface area contributed by atoms with Crippen LogP contribution >= 0.6 is 24.0 Å². The normalized spacial score (nSPS) is 21.1. The van der Waals surface area contributed by atoms with Crippen LogP contribution in [0, 0.1) is 11.8 Å². The molecule has 1 aromatic heterocycles. The quantitative estimate of drug-likeness (QED) is 0.364. The molecule has 3 rings (SSSR count). The Morgan fingerprint density at radius 3 is 2.78 bits per heavy atom. The molecule has 1 N–H and O–H groups in total. The minimum absolute atomic E-state index is 0. The van der Waals surface area contributed by atoms with Gasteiger partial charge in [-0.25, -0.2) is 9.98 Å². The van der Waals surface area contributed by atoms with E-state index in [9.17, 15) is 0 Å². The molecular weight excluding hydrogens is 451 g/mol. The molecule has 0 aromatic carbocycles. The Hall–Kier alpha value is -0.830. The fourth-order valence-electron chi connectivity index (χ4n) is 4.13. The predicted molar refractivity (Wildman–Crippen MR) is 123 cm³/mol. The van der Waals surface area contributed by atoms with Crippen LogP contribution in [-0.2, 0) is 13.1 Å². The first kappa shape index (κ1) is 22.5. The topological polar surface area (TPSA) is 48.7 Å². The van der Waals surface area contributed by atoms with Crippen molar-refractivity contribution >= 4 is 29.9 Å². The van der Waals surface area contributed by atoms with Crippen LogP contribution in [0.4, 0.5) is 0 Å². The molecule has 0 spiro atoms. The van der Waals surface area contributed by atoms with Crippen LogP contribution in [0.1, 0.15) is 45.9 Å². The first-order valence-electron chi connectivity index (χ1n) is 10.4. The summed E-state index contributed by atoms with van der Waals surface area (Å²) in [6.45, 7) is 15.3. The van der Waals surface area contributed by atoms with Gasteiger partial charge in [0.1, 0.15) is 12.4 Å². The van der Waals surface area contributed by atoms with Crippen LogP contribution in [0.3, 0.4) is 0 Å². The van der Waals surface area contributed by atoms with Gasteiger partial charge in [0.05, 0.1) is 0 Å². The molecule has 0 saturated carbocycles. The lowest BCUT2D eigenvalue weighted by Gasteiger charge is -2.23. The van der Waals surface area contributed by atoms with Crippen molar-refractivity contribution < 1.29 is 0 Å². The van der Waals surface area contributed by atoms with E-state index < -0.39 is 0 Å². The molecule has 6 nitrogen and oxygen atoms in total. The van der Waals surface area contributed by atoms with E-state index in [4.69, 9.17) is 4.99 Å². The van der Waals surface area contributed by atoms with Gasteiger partial charge in [0.2, 0.25) is 0 Å². The highest BCUT2D eigenvalue weighted by atomic mass is 127. The number of guanidine groups is 1. The van der Waals surface area contributed by atoms with Crippen LogP contribution in [0.15, 0.2) is 17.4 Å². The Morgan fingerprint density at radius 2 is 2.07 bits per heavy atom. The lowest BCUT2D eigenvalue weighted by molar-refractivity contribution is 0.281. The first-order chi connectivity index (χ1) is 12.7. The maximum absolute atomic E-state index is 4.91. The third kappa shape index (κ3) is 6.62. The molecule has 0 amide bonds. The number of nitrogens with one attached hydrogen (secondary N) is 1. The van der Waals surface area contributed by atoms with Gasteiger partial charge in [-0.3, -0.25) is 0 Å². The molecule has 1 atom stereocenters. The Kier molecular flexibility index (Phi) is 9.35. The van der Waals surface area contributed by atoms with Crippen LogP contribution in [0.2, 0.25) is 0 Å². The summed E-state index contributed by atoms with van der Waals surface area (Å²) < 4.78 is 2.23. The maximum atomic E-state index is 4.91. The average Bonchev–Trinajstić information content (AvgIpc) is 3.34. The summed E-state index contributed by atoms with van der Waals surface area (Å²) in [5, 5.41) is 3.49. The Morgan fingerprint density at radius 1 is 1.30 bits per heavy atom. The highest BCUT2D eigenvalue weighted by Gasteiger charge is 2.27. The Bertz CT molecular complexity index is 579. The van der Waals surface area contributed by atoms with Gasteiger partial charge < -0.3 is 19.7 Å². The van der Waals surface area contributed by atoms with Crippen molar-refractivity contribution in [1.82, 2.24) is 24.7 Å². The van der Waals surface area contributed by atoms with Crippen molar-refractivity contribution in [1.29, 1.82) is 0 Å². The first-order valence-corrected chi connectivity index (χ1v) is 10.4. The minimum atomic E-state index is 0. The molecule has 0 bridgehead atoms. The van der Waals surface area contributed by atoms with E-state index in [0.717, 1.165) is 43.9 Å². The number of hydrogen-bond acceptors (Lipinski definition) is 3. The van der Waals surface area contributed by atoms with Gasteiger partial charge in [0.25, 0.3) is 0 Å². The minimum Gasteiger partial charge on any atom is -0.357 e. The molecule has 3 heterocycles. The highest BCUT2D eigenvalue weighted by Crippen LogP contribution is 2.20. The monoisotopic (exact) mass is 488 g/mol. The van der Waals surface area contributed by atoms with Crippen LogP contribution in [0.5, 0.6) is 0 Å². The van der Waals surface area contributed by atoms with Crippen molar-refractivity contribution in [2.24, 2.45) is 16.8 Å². The number of aliphatic imine (C=N–C) groups is 1. The third-order valence-electron chi connectivity index (χ3n) is 5.37. The molecule has 0 radical (unpaired) electrons. The predicted octanol–water partition coefficient (Wildman–Crippen LogP) is 3.04. The fourth-order valence-corrected chi connectivity index (χ4v) is 4.13. The lowest BCUT2D eigenvalue weighted by Crippen LogP contribution is -2.40. The molecule has 1 unspecified atom stereocenters. The Balaban J connectivity index is 0.00000261. The number of rotatable bonds is 7. The zero-order chi connectivity index (χ0) is 18.4. The lowest BCUT2D eigenvalue weighted by atomic mass is 10.1. The summed E-state index contributed by atoms with van der Waals surface area (Å²) in [5.74, 6) is 3.50. The molecule has 2 fully saturated rings.